The van der Waals surface area contributed by atoms with E-state index in [1.807, 2.05) is 0 Å². The SMILES string of the molecule is COc1ccc([N+](=O)[O-])cc1Oc1ccc(Br)cc1C=O. The lowest BCUT2D eigenvalue weighted by atomic mass is 10.2. The third kappa shape index (κ3) is 3.38. The maximum Gasteiger partial charge on any atom is 0.273 e. The second-order valence-corrected chi connectivity index (χ2v) is 4.91. The van der Waals surface area contributed by atoms with Crippen LogP contribution in [0.5, 0.6) is 17.2 Å². The molecule has 2 rings (SSSR count). The molecule has 0 fully saturated rings. The number of methoxy groups -OCH3 is 1. The number of rotatable bonds is 5. The maximum atomic E-state index is 11.1. The average molecular weight is 352 g/mol. The van der Waals surface area contributed by atoms with Crippen molar-refractivity contribution in [3.63, 3.8) is 0 Å². The van der Waals surface area contributed by atoms with Crippen molar-refractivity contribution in [3.8, 4) is 17.2 Å². The first-order chi connectivity index (χ1) is 10.0. The topological polar surface area (TPSA) is 78.7 Å². The number of hydrogen-bond acceptors (Lipinski definition) is 5. The van der Waals surface area contributed by atoms with Gasteiger partial charge in [0, 0.05) is 10.5 Å². The quantitative estimate of drug-likeness (QED) is 0.462. The average Bonchev–Trinajstić information content (AvgIpc) is 2.48. The van der Waals surface area contributed by atoms with E-state index in [2.05, 4.69) is 15.9 Å². The fraction of sp³-hybridized carbons (Fsp3) is 0.0714. The fourth-order valence-corrected chi connectivity index (χ4v) is 2.06. The Kier molecular flexibility index (Phi) is 4.54. The van der Waals surface area contributed by atoms with Crippen LogP contribution in [0.4, 0.5) is 5.69 Å². The summed E-state index contributed by atoms with van der Waals surface area (Å²) in [6.45, 7) is 0. The molecule has 21 heavy (non-hydrogen) atoms. The van der Waals surface area contributed by atoms with Crippen LogP contribution in [0.1, 0.15) is 10.4 Å². The van der Waals surface area contributed by atoms with Crippen molar-refractivity contribution in [1.29, 1.82) is 0 Å². The molecule has 0 atom stereocenters. The number of carbonyl (C=O) groups is 1. The maximum absolute atomic E-state index is 11.1. The molecule has 0 saturated heterocycles. The zero-order valence-electron chi connectivity index (χ0n) is 10.9. The van der Waals surface area contributed by atoms with E-state index >= 15 is 0 Å². The molecule has 0 aliphatic heterocycles. The summed E-state index contributed by atoms with van der Waals surface area (Å²) in [6, 6.07) is 8.88. The number of halogens is 1. The number of non-ortho nitro benzene ring substituents is 1. The van der Waals surface area contributed by atoms with Gasteiger partial charge in [-0.2, -0.15) is 0 Å². The van der Waals surface area contributed by atoms with Crippen LogP contribution in [0.15, 0.2) is 40.9 Å². The van der Waals surface area contributed by atoms with Crippen molar-refractivity contribution in [1.82, 2.24) is 0 Å². The molecule has 0 unspecified atom stereocenters. The Balaban J connectivity index is 2.45. The van der Waals surface area contributed by atoms with Gasteiger partial charge in [0.2, 0.25) is 0 Å². The first-order valence-corrected chi connectivity index (χ1v) is 6.59. The molecule has 0 spiro atoms. The van der Waals surface area contributed by atoms with E-state index in [0.717, 1.165) is 4.47 Å². The molecule has 0 heterocycles. The van der Waals surface area contributed by atoms with Gasteiger partial charge in [0.05, 0.1) is 23.7 Å². The Morgan fingerprint density at radius 2 is 1.86 bits per heavy atom. The lowest BCUT2D eigenvalue weighted by Crippen LogP contribution is -1.95. The van der Waals surface area contributed by atoms with Crippen molar-refractivity contribution in [2.45, 2.75) is 0 Å². The Morgan fingerprint density at radius 1 is 1.14 bits per heavy atom. The van der Waals surface area contributed by atoms with E-state index < -0.39 is 4.92 Å². The van der Waals surface area contributed by atoms with Crippen LogP contribution < -0.4 is 9.47 Å². The molecule has 0 N–H and O–H groups in total. The van der Waals surface area contributed by atoms with Crippen LogP contribution in [0.25, 0.3) is 0 Å². The predicted octanol–water partition coefficient (Wildman–Crippen LogP) is 3.97. The van der Waals surface area contributed by atoms with Crippen molar-refractivity contribution >= 4 is 27.9 Å². The van der Waals surface area contributed by atoms with E-state index in [1.54, 1.807) is 18.2 Å². The molecule has 2 aromatic rings. The van der Waals surface area contributed by atoms with Gasteiger partial charge in [-0.25, -0.2) is 0 Å². The Bertz CT molecular complexity index is 702. The highest BCUT2D eigenvalue weighted by Gasteiger charge is 2.14. The van der Waals surface area contributed by atoms with Crippen molar-refractivity contribution in [3.05, 3.63) is 56.5 Å². The van der Waals surface area contributed by atoms with Crippen LogP contribution in [-0.2, 0) is 0 Å². The summed E-state index contributed by atoms with van der Waals surface area (Å²) in [4.78, 5) is 21.3. The number of nitro benzene ring substituents is 1. The van der Waals surface area contributed by atoms with E-state index in [-0.39, 0.29) is 17.2 Å². The van der Waals surface area contributed by atoms with Gasteiger partial charge < -0.3 is 9.47 Å². The smallest absolute Gasteiger partial charge is 0.273 e. The molecule has 108 valence electrons. The van der Waals surface area contributed by atoms with Crippen LogP contribution in [0.2, 0.25) is 0 Å². The minimum Gasteiger partial charge on any atom is -0.493 e. The molecular weight excluding hydrogens is 342 g/mol. The zero-order chi connectivity index (χ0) is 15.4. The van der Waals surface area contributed by atoms with Crippen LogP contribution in [0.3, 0.4) is 0 Å². The van der Waals surface area contributed by atoms with E-state index in [1.165, 1.54) is 25.3 Å². The fourth-order valence-electron chi connectivity index (χ4n) is 1.68. The van der Waals surface area contributed by atoms with Crippen LogP contribution in [0, 0.1) is 10.1 Å². The largest absolute Gasteiger partial charge is 0.493 e. The molecule has 0 radical (unpaired) electrons. The highest BCUT2D eigenvalue weighted by Crippen LogP contribution is 2.36. The van der Waals surface area contributed by atoms with Crippen molar-refractivity contribution in [2.24, 2.45) is 0 Å². The number of benzene rings is 2. The molecule has 2 aromatic carbocycles. The van der Waals surface area contributed by atoms with Gasteiger partial charge in [-0.3, -0.25) is 14.9 Å². The number of carbonyl (C=O) groups excluding carboxylic acids is 1. The van der Waals surface area contributed by atoms with Gasteiger partial charge in [-0.1, -0.05) is 15.9 Å². The normalized spacial score (nSPS) is 10.0. The Morgan fingerprint density at radius 3 is 2.48 bits per heavy atom. The molecule has 6 nitrogen and oxygen atoms in total. The number of hydrogen-bond donors (Lipinski definition) is 0. The first kappa shape index (κ1) is 15.0. The lowest BCUT2D eigenvalue weighted by Gasteiger charge is -2.11. The molecule has 0 saturated carbocycles. The number of nitro groups is 1. The van der Waals surface area contributed by atoms with Gasteiger partial charge >= 0.3 is 0 Å². The lowest BCUT2D eigenvalue weighted by molar-refractivity contribution is -0.384. The summed E-state index contributed by atoms with van der Waals surface area (Å²) in [5, 5.41) is 10.8. The first-order valence-electron chi connectivity index (χ1n) is 5.80. The minimum atomic E-state index is -0.533. The second kappa shape index (κ2) is 6.36. The molecule has 0 aliphatic carbocycles. The Hall–Kier alpha value is -2.41. The summed E-state index contributed by atoms with van der Waals surface area (Å²) in [5.74, 6) is 0.782. The number of aldehydes is 1. The van der Waals surface area contributed by atoms with Gasteiger partial charge in [0.1, 0.15) is 5.75 Å². The summed E-state index contributed by atoms with van der Waals surface area (Å²) in [7, 11) is 1.43. The number of nitrogens with zero attached hydrogens (tertiary/aromatic N) is 1. The molecule has 7 heteroatoms. The standard InChI is InChI=1S/C14H10BrNO5/c1-20-13-5-3-11(16(18)19)7-14(13)21-12-4-2-10(15)6-9(12)8-17/h2-8H,1H3. The van der Waals surface area contributed by atoms with Gasteiger partial charge in [0.25, 0.3) is 5.69 Å². The third-order valence-electron chi connectivity index (χ3n) is 2.68. The second-order valence-electron chi connectivity index (χ2n) is 3.99. The molecular formula is C14H10BrNO5. The number of ether oxygens (including phenoxy) is 2. The van der Waals surface area contributed by atoms with Gasteiger partial charge in [0.15, 0.2) is 17.8 Å². The Labute approximate surface area is 128 Å². The van der Waals surface area contributed by atoms with E-state index in [4.69, 9.17) is 9.47 Å². The van der Waals surface area contributed by atoms with E-state index in [9.17, 15) is 14.9 Å². The summed E-state index contributed by atoms with van der Waals surface area (Å²) in [6.07, 6.45) is 0.643. The van der Waals surface area contributed by atoms with Crippen molar-refractivity contribution < 1.29 is 19.2 Å². The molecule has 0 aliphatic rings. The molecule has 0 bridgehead atoms. The van der Waals surface area contributed by atoms with Crippen molar-refractivity contribution in [2.75, 3.05) is 7.11 Å². The third-order valence-corrected chi connectivity index (χ3v) is 3.17. The highest BCUT2D eigenvalue weighted by atomic mass is 79.9. The highest BCUT2D eigenvalue weighted by molar-refractivity contribution is 9.10. The zero-order valence-corrected chi connectivity index (χ0v) is 12.5. The minimum absolute atomic E-state index is 0.129. The van der Waals surface area contributed by atoms with E-state index in [0.29, 0.717) is 17.6 Å². The van der Waals surface area contributed by atoms with Gasteiger partial charge in [-0.05, 0) is 24.3 Å². The predicted molar refractivity (Wildman–Crippen MR) is 79.3 cm³/mol. The monoisotopic (exact) mass is 351 g/mol. The summed E-state index contributed by atoms with van der Waals surface area (Å²) >= 11 is 3.25. The van der Waals surface area contributed by atoms with Gasteiger partial charge in [-0.15, -0.1) is 0 Å². The molecule has 0 amide bonds. The molecule has 0 aromatic heterocycles. The van der Waals surface area contributed by atoms with Crippen LogP contribution >= 0.6 is 15.9 Å². The summed E-state index contributed by atoms with van der Waals surface area (Å²) in [5.41, 5.74) is 0.188. The van der Waals surface area contributed by atoms with Crippen LogP contribution in [-0.4, -0.2) is 18.3 Å². The summed E-state index contributed by atoms with van der Waals surface area (Å²) < 4.78 is 11.4.